The molecular weight excluding hydrogens is 386 g/mol. The summed E-state index contributed by atoms with van der Waals surface area (Å²) in [7, 11) is 1.46. The molecule has 0 bridgehead atoms. The van der Waals surface area contributed by atoms with Crippen molar-refractivity contribution < 1.29 is 14.4 Å². The summed E-state index contributed by atoms with van der Waals surface area (Å²) in [4.78, 5) is 40.3. The van der Waals surface area contributed by atoms with Crippen LogP contribution >= 0.6 is 0 Å². The molecule has 13 nitrogen and oxygen atoms in total. The molecule has 3 aromatic heterocycles. The second kappa shape index (κ2) is 7.93. The van der Waals surface area contributed by atoms with E-state index in [0.717, 1.165) is 0 Å². The third-order valence-corrected chi connectivity index (χ3v) is 3.83. The van der Waals surface area contributed by atoms with Gasteiger partial charge in [-0.1, -0.05) is 0 Å². The van der Waals surface area contributed by atoms with Crippen LogP contribution in [0.5, 0.6) is 0 Å². The number of H-pyrrole nitrogens is 1. The summed E-state index contributed by atoms with van der Waals surface area (Å²) in [6, 6.07) is 2.67. The first-order valence-corrected chi connectivity index (χ1v) is 8.35. The number of furan rings is 1. The molecule has 0 aliphatic carbocycles. The number of anilines is 1. The summed E-state index contributed by atoms with van der Waals surface area (Å²) in [6.45, 7) is 1.59. The van der Waals surface area contributed by atoms with Gasteiger partial charge in [-0.05, 0) is 25.1 Å². The van der Waals surface area contributed by atoms with Gasteiger partial charge in [0.25, 0.3) is 5.56 Å². The lowest BCUT2D eigenvalue weighted by Crippen LogP contribution is -2.29. The summed E-state index contributed by atoms with van der Waals surface area (Å²) in [6.07, 6.45) is 3.48. The normalized spacial score (nSPS) is 12.9. The average molecular weight is 403 g/mol. The first-order valence-electron chi connectivity index (χ1n) is 8.35. The summed E-state index contributed by atoms with van der Waals surface area (Å²) in [5, 5.41) is 24.3. The maximum absolute atomic E-state index is 12.2. The second-order valence-electron chi connectivity index (χ2n) is 6.07. The Kier molecular flexibility index (Phi) is 5.40. The first kappa shape index (κ1) is 19.8. The van der Waals surface area contributed by atoms with E-state index in [1.807, 2.05) is 0 Å². The number of hydrogen-bond donors (Lipinski definition) is 3. The molecule has 152 valence electrons. The fourth-order valence-electron chi connectivity index (χ4n) is 2.57. The van der Waals surface area contributed by atoms with Crippen molar-refractivity contribution in [1.29, 1.82) is 0 Å². The minimum Gasteiger partial charge on any atom is -0.401 e. The molecule has 0 spiro atoms. The maximum atomic E-state index is 12.2. The van der Waals surface area contributed by atoms with Gasteiger partial charge in [-0.3, -0.25) is 24.5 Å². The number of nitro groups is 1. The van der Waals surface area contributed by atoms with Crippen LogP contribution in [-0.2, 0) is 13.6 Å². The molecule has 0 saturated heterocycles. The largest absolute Gasteiger partial charge is 0.433 e. The third-order valence-electron chi connectivity index (χ3n) is 3.83. The molecule has 3 heterocycles. The van der Waals surface area contributed by atoms with Crippen molar-refractivity contribution >= 4 is 35.3 Å². The van der Waals surface area contributed by atoms with Gasteiger partial charge in [0.2, 0.25) is 5.95 Å². The van der Waals surface area contributed by atoms with E-state index >= 15 is 0 Å². The van der Waals surface area contributed by atoms with Crippen LogP contribution in [0.2, 0.25) is 0 Å². The quantitative estimate of drug-likeness (QED) is 0.289. The van der Waals surface area contributed by atoms with Crippen LogP contribution in [-0.4, -0.2) is 41.5 Å². The summed E-state index contributed by atoms with van der Waals surface area (Å²) in [5.41, 5.74) is 1.65. The van der Waals surface area contributed by atoms with Crippen molar-refractivity contribution in [2.45, 2.75) is 19.6 Å². The van der Waals surface area contributed by atoms with Gasteiger partial charge in [-0.25, -0.2) is 10.2 Å². The Morgan fingerprint density at radius 2 is 2.24 bits per heavy atom. The lowest BCUT2D eigenvalue weighted by Gasteiger charge is -2.09. The molecule has 1 atom stereocenters. The number of hydrogen-bond acceptors (Lipinski definition) is 9. The Hall–Kier alpha value is -4.00. The maximum Gasteiger partial charge on any atom is 0.433 e. The van der Waals surface area contributed by atoms with Gasteiger partial charge in [0, 0.05) is 13.3 Å². The van der Waals surface area contributed by atoms with E-state index in [4.69, 9.17) is 4.42 Å². The number of aromatic amines is 1. The number of nitrogens with zero attached hydrogens (tertiary/aromatic N) is 5. The van der Waals surface area contributed by atoms with Crippen LogP contribution in [0, 0.1) is 10.1 Å². The minimum atomic E-state index is -0.789. The van der Waals surface area contributed by atoms with Gasteiger partial charge in [0.15, 0.2) is 11.2 Å². The number of imidazole rings is 1. The molecular formula is C16H17N7O6. The highest BCUT2D eigenvalue weighted by atomic mass is 16.6. The molecule has 0 saturated carbocycles. The van der Waals surface area contributed by atoms with Crippen molar-refractivity contribution in [2.75, 3.05) is 5.43 Å². The molecule has 3 N–H and O–H groups in total. The Balaban J connectivity index is 1.86. The number of allylic oxidation sites excluding steroid dienone is 1. The lowest BCUT2D eigenvalue weighted by molar-refractivity contribution is -0.402. The monoisotopic (exact) mass is 403 g/mol. The summed E-state index contributed by atoms with van der Waals surface area (Å²) >= 11 is 0. The van der Waals surface area contributed by atoms with Crippen molar-refractivity contribution in [3.63, 3.8) is 0 Å². The SMILES string of the molecule is C[C@@H](O)Cn1c(N/N=C\C=C\c2ccc([N+](=O)[O-])o2)nc2c1c(=O)[nH]c(=O)n2C. The van der Waals surface area contributed by atoms with Crippen molar-refractivity contribution in [2.24, 2.45) is 12.1 Å². The van der Waals surface area contributed by atoms with E-state index in [2.05, 4.69) is 20.5 Å². The molecule has 0 unspecified atom stereocenters. The number of fused-ring (bicyclic) bond motifs is 1. The molecule has 0 aliphatic heterocycles. The zero-order chi connectivity index (χ0) is 21.1. The fraction of sp³-hybridized carbons (Fsp3) is 0.250. The molecule has 0 amide bonds. The van der Waals surface area contributed by atoms with Gasteiger partial charge >= 0.3 is 11.6 Å². The third kappa shape index (κ3) is 4.14. The summed E-state index contributed by atoms with van der Waals surface area (Å²) in [5.74, 6) is 0.0410. The van der Waals surface area contributed by atoms with Crippen LogP contribution in [0.15, 0.2) is 37.3 Å². The van der Waals surface area contributed by atoms with E-state index < -0.39 is 22.3 Å². The number of hydrazone groups is 1. The Labute approximate surface area is 161 Å². The second-order valence-corrected chi connectivity index (χ2v) is 6.07. The molecule has 3 rings (SSSR count). The molecule has 29 heavy (non-hydrogen) atoms. The number of aliphatic hydroxyl groups excluding tert-OH is 1. The molecule has 3 aromatic rings. The van der Waals surface area contributed by atoms with E-state index in [1.165, 1.54) is 46.7 Å². The van der Waals surface area contributed by atoms with E-state index in [0.29, 0.717) is 0 Å². The van der Waals surface area contributed by atoms with Crippen molar-refractivity contribution in [3.8, 4) is 0 Å². The number of aliphatic hydroxyl groups is 1. The molecule has 0 aromatic carbocycles. The number of aryl methyl sites for hydroxylation is 1. The molecule has 0 fully saturated rings. The highest BCUT2D eigenvalue weighted by Crippen LogP contribution is 2.17. The zero-order valence-corrected chi connectivity index (χ0v) is 15.4. The van der Waals surface area contributed by atoms with E-state index in [1.54, 1.807) is 6.92 Å². The predicted octanol–water partition coefficient (Wildman–Crippen LogP) is 0.416. The van der Waals surface area contributed by atoms with E-state index in [-0.39, 0.29) is 35.3 Å². The smallest absolute Gasteiger partial charge is 0.401 e. The molecule has 0 radical (unpaired) electrons. The van der Waals surface area contributed by atoms with Gasteiger partial charge in [0.1, 0.15) is 10.7 Å². The van der Waals surface area contributed by atoms with Crippen molar-refractivity contribution in [1.82, 2.24) is 19.1 Å². The van der Waals surface area contributed by atoms with Gasteiger partial charge in [-0.2, -0.15) is 10.1 Å². The Morgan fingerprint density at radius 3 is 2.90 bits per heavy atom. The van der Waals surface area contributed by atoms with Crippen molar-refractivity contribution in [3.05, 3.63) is 54.9 Å². The standard InChI is InChI=1S/C16H17N7O6/c1-9(24)8-22-12-13(21(2)16(26)19-14(12)25)18-15(22)20-17-7-3-4-10-5-6-11(29-10)23(27)28/h3-7,9,24H,8H2,1-2H3,(H,18,20)(H,19,25,26)/b4-3+,17-7-/t9-/m1/s1. The van der Waals surface area contributed by atoms with Crippen LogP contribution in [0.3, 0.4) is 0 Å². The van der Waals surface area contributed by atoms with Crippen LogP contribution in [0.4, 0.5) is 11.8 Å². The number of nitrogens with one attached hydrogen (secondary N) is 2. The van der Waals surface area contributed by atoms with Gasteiger partial charge in [0.05, 0.1) is 18.7 Å². The van der Waals surface area contributed by atoms with Crippen LogP contribution < -0.4 is 16.7 Å². The van der Waals surface area contributed by atoms with Gasteiger partial charge in [-0.15, -0.1) is 0 Å². The average Bonchev–Trinajstić information content (AvgIpc) is 3.25. The fourth-order valence-corrected chi connectivity index (χ4v) is 2.57. The lowest BCUT2D eigenvalue weighted by atomic mass is 10.4. The van der Waals surface area contributed by atoms with E-state index in [9.17, 15) is 24.8 Å². The Bertz CT molecular complexity index is 1230. The minimum absolute atomic E-state index is 0.0432. The van der Waals surface area contributed by atoms with Gasteiger partial charge < -0.3 is 14.1 Å². The topological polar surface area (TPSA) is 174 Å². The summed E-state index contributed by atoms with van der Waals surface area (Å²) < 4.78 is 7.55. The first-order chi connectivity index (χ1) is 13.8. The highest BCUT2D eigenvalue weighted by molar-refractivity contribution is 5.78. The molecule has 0 aliphatic rings. The number of aromatic nitrogens is 4. The highest BCUT2D eigenvalue weighted by Gasteiger charge is 2.18. The van der Waals surface area contributed by atoms with Crippen LogP contribution in [0.25, 0.3) is 17.2 Å². The predicted molar refractivity (Wildman–Crippen MR) is 104 cm³/mol. The molecule has 13 heteroatoms. The zero-order valence-electron chi connectivity index (χ0n) is 15.4. The Morgan fingerprint density at radius 1 is 1.48 bits per heavy atom. The van der Waals surface area contributed by atoms with Crippen LogP contribution in [0.1, 0.15) is 12.7 Å². The number of rotatable bonds is 7.